The Kier molecular flexibility index (Phi) is 7.16. The van der Waals surface area contributed by atoms with Gasteiger partial charge in [-0.1, -0.05) is 11.6 Å². The molecule has 2 saturated heterocycles. The van der Waals surface area contributed by atoms with Crippen LogP contribution in [0.1, 0.15) is 12.8 Å². The van der Waals surface area contributed by atoms with Crippen LogP contribution in [-0.4, -0.2) is 63.4 Å². The van der Waals surface area contributed by atoms with Crippen molar-refractivity contribution >= 4 is 45.4 Å². The molecule has 0 aromatic carbocycles. The molecule has 5 nitrogen and oxygen atoms in total. The highest BCUT2D eigenvalue weighted by Crippen LogP contribution is 2.28. The first-order valence-corrected chi connectivity index (χ1v) is 10.4. The molecule has 3 heterocycles. The maximum absolute atomic E-state index is 12.5. The summed E-state index contributed by atoms with van der Waals surface area (Å²) in [6.45, 7) is 6.06. The minimum absolute atomic E-state index is 0. The predicted molar refractivity (Wildman–Crippen MR) is 97.4 cm³/mol. The average Bonchev–Trinajstić information content (AvgIpc) is 2.96. The lowest BCUT2D eigenvalue weighted by Crippen LogP contribution is -2.50. The molecule has 132 valence electrons. The van der Waals surface area contributed by atoms with Gasteiger partial charge in [0.05, 0.1) is 4.34 Å². The standard InChI is InChI=1S/C14H22ClN3O2S2.ClH/c15-13-3-4-14(21-13)22(19,20)18-8-6-17(7-9-18)11-12-2-1-5-16-10-12;/h3-4,12,16H,1-2,5-11H2;1H. The molecule has 3 rings (SSSR count). The summed E-state index contributed by atoms with van der Waals surface area (Å²) in [5.41, 5.74) is 0. The fourth-order valence-corrected chi connectivity index (χ4v) is 6.22. The molecule has 0 saturated carbocycles. The number of hydrogen-bond acceptors (Lipinski definition) is 5. The van der Waals surface area contributed by atoms with Crippen LogP contribution in [0, 0.1) is 5.92 Å². The van der Waals surface area contributed by atoms with E-state index < -0.39 is 10.0 Å². The van der Waals surface area contributed by atoms with Crippen molar-refractivity contribution in [2.24, 2.45) is 5.92 Å². The van der Waals surface area contributed by atoms with E-state index in [-0.39, 0.29) is 12.4 Å². The van der Waals surface area contributed by atoms with Crippen molar-refractivity contribution in [2.45, 2.75) is 17.1 Å². The van der Waals surface area contributed by atoms with Crippen molar-refractivity contribution in [3.05, 3.63) is 16.5 Å². The molecule has 1 aromatic rings. The fourth-order valence-electron chi connectivity index (χ4n) is 3.16. The van der Waals surface area contributed by atoms with Gasteiger partial charge in [-0.3, -0.25) is 0 Å². The van der Waals surface area contributed by atoms with Gasteiger partial charge in [0.1, 0.15) is 4.21 Å². The van der Waals surface area contributed by atoms with Crippen LogP contribution in [0.5, 0.6) is 0 Å². The van der Waals surface area contributed by atoms with Crippen molar-refractivity contribution in [2.75, 3.05) is 45.8 Å². The number of thiophene rings is 1. The van der Waals surface area contributed by atoms with E-state index in [1.165, 1.54) is 12.8 Å². The molecule has 2 fully saturated rings. The van der Waals surface area contributed by atoms with Crippen molar-refractivity contribution in [1.82, 2.24) is 14.5 Å². The molecule has 1 N–H and O–H groups in total. The Labute approximate surface area is 153 Å². The SMILES string of the molecule is Cl.O=S(=O)(c1ccc(Cl)s1)N1CCN(CC2CCCNC2)CC1. The maximum Gasteiger partial charge on any atom is 0.252 e. The number of sulfonamides is 1. The molecule has 0 bridgehead atoms. The van der Waals surface area contributed by atoms with E-state index in [1.807, 2.05) is 0 Å². The third-order valence-corrected chi connectivity index (χ3v) is 7.99. The second kappa shape index (κ2) is 8.47. The van der Waals surface area contributed by atoms with E-state index in [4.69, 9.17) is 11.6 Å². The van der Waals surface area contributed by atoms with Gasteiger partial charge < -0.3 is 10.2 Å². The van der Waals surface area contributed by atoms with Crippen molar-refractivity contribution in [3.8, 4) is 0 Å². The molecule has 0 radical (unpaired) electrons. The molecule has 1 atom stereocenters. The van der Waals surface area contributed by atoms with E-state index in [2.05, 4.69) is 10.2 Å². The third-order valence-electron chi connectivity index (χ3n) is 4.39. The van der Waals surface area contributed by atoms with Crippen LogP contribution in [0.3, 0.4) is 0 Å². The zero-order valence-corrected chi connectivity index (χ0v) is 16.1. The van der Waals surface area contributed by atoms with E-state index in [0.29, 0.717) is 27.6 Å². The van der Waals surface area contributed by atoms with Crippen LogP contribution >= 0.6 is 35.3 Å². The van der Waals surface area contributed by atoms with Gasteiger partial charge in [0.2, 0.25) is 0 Å². The van der Waals surface area contributed by atoms with Crippen LogP contribution in [-0.2, 0) is 10.0 Å². The van der Waals surface area contributed by atoms with Gasteiger partial charge in [0, 0.05) is 32.7 Å². The number of rotatable bonds is 4. The first-order valence-electron chi connectivity index (χ1n) is 7.74. The van der Waals surface area contributed by atoms with E-state index >= 15 is 0 Å². The van der Waals surface area contributed by atoms with Gasteiger partial charge in [-0.05, 0) is 44.0 Å². The van der Waals surface area contributed by atoms with Crippen LogP contribution < -0.4 is 5.32 Å². The Morgan fingerprint density at radius 3 is 2.57 bits per heavy atom. The van der Waals surface area contributed by atoms with Gasteiger partial charge in [0.25, 0.3) is 10.0 Å². The molecule has 23 heavy (non-hydrogen) atoms. The van der Waals surface area contributed by atoms with E-state index in [0.717, 1.165) is 44.1 Å². The van der Waals surface area contributed by atoms with Crippen LogP contribution in [0.2, 0.25) is 4.34 Å². The van der Waals surface area contributed by atoms with E-state index in [9.17, 15) is 8.42 Å². The lowest BCUT2D eigenvalue weighted by Gasteiger charge is -2.36. The molecular formula is C14H23Cl2N3O2S2. The largest absolute Gasteiger partial charge is 0.316 e. The second-order valence-electron chi connectivity index (χ2n) is 5.98. The third kappa shape index (κ3) is 4.81. The molecule has 2 aliphatic rings. The summed E-state index contributed by atoms with van der Waals surface area (Å²) in [4.78, 5) is 2.39. The van der Waals surface area contributed by atoms with E-state index in [1.54, 1.807) is 16.4 Å². The molecule has 2 aliphatic heterocycles. The molecular weight excluding hydrogens is 377 g/mol. The molecule has 1 unspecified atom stereocenters. The maximum atomic E-state index is 12.5. The molecule has 0 amide bonds. The number of halogens is 2. The lowest BCUT2D eigenvalue weighted by molar-refractivity contribution is 0.154. The molecule has 1 aromatic heterocycles. The minimum Gasteiger partial charge on any atom is -0.316 e. The molecule has 0 aliphatic carbocycles. The van der Waals surface area contributed by atoms with Crippen LogP contribution in [0.15, 0.2) is 16.3 Å². The normalized spacial score (nSPS) is 24.3. The first kappa shape index (κ1) is 19.4. The van der Waals surface area contributed by atoms with Crippen LogP contribution in [0.25, 0.3) is 0 Å². The van der Waals surface area contributed by atoms with Gasteiger partial charge in [-0.15, -0.1) is 23.7 Å². The Bertz CT molecular complexity index is 595. The highest BCUT2D eigenvalue weighted by Gasteiger charge is 2.30. The summed E-state index contributed by atoms with van der Waals surface area (Å²) in [5, 5.41) is 3.44. The fraction of sp³-hybridized carbons (Fsp3) is 0.714. The summed E-state index contributed by atoms with van der Waals surface area (Å²) >= 11 is 6.99. The molecule has 0 spiro atoms. The first-order chi connectivity index (χ1) is 10.6. The number of piperazine rings is 1. The monoisotopic (exact) mass is 399 g/mol. The molecule has 9 heteroatoms. The quantitative estimate of drug-likeness (QED) is 0.842. The number of nitrogens with one attached hydrogen (secondary N) is 1. The number of piperidine rings is 1. The minimum atomic E-state index is -3.37. The zero-order valence-electron chi connectivity index (χ0n) is 12.9. The lowest BCUT2D eigenvalue weighted by atomic mass is 9.99. The average molecular weight is 400 g/mol. The summed E-state index contributed by atoms with van der Waals surface area (Å²) in [5.74, 6) is 0.702. The van der Waals surface area contributed by atoms with Gasteiger partial charge >= 0.3 is 0 Å². The summed E-state index contributed by atoms with van der Waals surface area (Å²) in [6.07, 6.45) is 2.53. The predicted octanol–water partition coefficient (Wildman–Crippen LogP) is 2.13. The summed E-state index contributed by atoms with van der Waals surface area (Å²) in [7, 11) is -3.37. The van der Waals surface area contributed by atoms with Crippen molar-refractivity contribution < 1.29 is 8.42 Å². The summed E-state index contributed by atoms with van der Waals surface area (Å²) in [6, 6.07) is 3.24. The topological polar surface area (TPSA) is 52.7 Å². The zero-order chi connectivity index (χ0) is 15.6. The highest BCUT2D eigenvalue weighted by atomic mass is 35.5. The smallest absolute Gasteiger partial charge is 0.252 e. The highest BCUT2D eigenvalue weighted by molar-refractivity contribution is 7.91. The second-order valence-corrected chi connectivity index (χ2v) is 9.86. The van der Waals surface area contributed by atoms with Crippen molar-refractivity contribution in [3.63, 3.8) is 0 Å². The Morgan fingerprint density at radius 2 is 2.00 bits per heavy atom. The van der Waals surface area contributed by atoms with Gasteiger partial charge in [0.15, 0.2) is 0 Å². The number of nitrogens with zero attached hydrogens (tertiary/aromatic N) is 2. The Balaban J connectivity index is 0.00000192. The van der Waals surface area contributed by atoms with Crippen molar-refractivity contribution in [1.29, 1.82) is 0 Å². The number of hydrogen-bond donors (Lipinski definition) is 1. The van der Waals surface area contributed by atoms with Gasteiger partial charge in [-0.2, -0.15) is 4.31 Å². The van der Waals surface area contributed by atoms with Crippen LogP contribution in [0.4, 0.5) is 0 Å². The summed E-state index contributed by atoms with van der Waals surface area (Å²) < 4.78 is 27.5. The Morgan fingerprint density at radius 1 is 1.26 bits per heavy atom. The Hall–Kier alpha value is 0.110. The van der Waals surface area contributed by atoms with Gasteiger partial charge in [-0.25, -0.2) is 8.42 Å².